The number of ether oxygens (including phenoxy) is 3. The van der Waals surface area contributed by atoms with Gasteiger partial charge in [-0.2, -0.15) is 0 Å². The van der Waals surface area contributed by atoms with Gasteiger partial charge in [-0.15, -0.1) is 0 Å². The van der Waals surface area contributed by atoms with Gasteiger partial charge in [0, 0.05) is 0 Å². The summed E-state index contributed by atoms with van der Waals surface area (Å²) in [5, 5.41) is 11.5. The van der Waals surface area contributed by atoms with Crippen LogP contribution in [0.25, 0.3) is 0 Å². The van der Waals surface area contributed by atoms with Crippen LogP contribution in [0.5, 0.6) is 17.2 Å². The quantitative estimate of drug-likeness (QED) is 0.547. The number of halogens is 1. The number of nitrogens with two attached hydrogens (primary N) is 1. The van der Waals surface area contributed by atoms with Crippen LogP contribution in [0.15, 0.2) is 18.2 Å². The van der Waals surface area contributed by atoms with E-state index in [1.165, 1.54) is 0 Å². The van der Waals surface area contributed by atoms with Crippen molar-refractivity contribution in [2.24, 2.45) is 0 Å². The van der Waals surface area contributed by atoms with E-state index in [-0.39, 0.29) is 19.0 Å². The van der Waals surface area contributed by atoms with Crippen molar-refractivity contribution in [3.8, 4) is 17.2 Å². The van der Waals surface area contributed by atoms with Crippen LogP contribution in [0.1, 0.15) is 0 Å². The van der Waals surface area contributed by atoms with Crippen LogP contribution in [-0.4, -0.2) is 45.6 Å². The smallest absolute Gasteiger partial charge is 0.203 e. The largest absolute Gasteiger partial charge is 1.00 e. The van der Waals surface area contributed by atoms with Gasteiger partial charge in [0.05, 0.1) is 21.3 Å². The molecular weight excluding hydrogens is 258 g/mol. The first-order valence-corrected chi connectivity index (χ1v) is 5.52. The van der Waals surface area contributed by atoms with E-state index in [1.54, 1.807) is 26.4 Å². The van der Waals surface area contributed by atoms with E-state index in [2.05, 4.69) is 0 Å². The number of para-hydroxylation sites is 1. The topological polar surface area (TPSA) is 64.5 Å². The second kappa shape index (κ2) is 8.85. The molecule has 0 radical (unpaired) electrons. The molecule has 0 bridgehead atoms. The van der Waals surface area contributed by atoms with Gasteiger partial charge in [0.15, 0.2) is 11.5 Å². The lowest BCUT2D eigenvalue weighted by Crippen LogP contribution is -3.00. The Balaban J connectivity index is 0.00000289. The monoisotopic (exact) mass is 277 g/mol. The van der Waals surface area contributed by atoms with Gasteiger partial charge in [-0.1, -0.05) is 6.07 Å². The molecule has 0 amide bonds. The van der Waals surface area contributed by atoms with Crippen molar-refractivity contribution in [3.05, 3.63) is 18.2 Å². The van der Waals surface area contributed by atoms with Crippen molar-refractivity contribution in [2.45, 2.75) is 6.10 Å². The van der Waals surface area contributed by atoms with Crippen LogP contribution in [0.2, 0.25) is 0 Å². The van der Waals surface area contributed by atoms with E-state index in [9.17, 15) is 5.11 Å². The average Bonchev–Trinajstić information content (AvgIpc) is 2.36. The fraction of sp³-hybridized carbons (Fsp3) is 0.500. The number of quaternary nitrogens is 1. The van der Waals surface area contributed by atoms with E-state index in [1.807, 2.05) is 18.4 Å². The van der Waals surface area contributed by atoms with Crippen LogP contribution in [0.3, 0.4) is 0 Å². The summed E-state index contributed by atoms with van der Waals surface area (Å²) >= 11 is 0. The Kier molecular flexibility index (Phi) is 8.28. The summed E-state index contributed by atoms with van der Waals surface area (Å²) in [6.07, 6.45) is -0.504. The minimum atomic E-state index is -0.504. The molecule has 1 atom stereocenters. The normalized spacial score (nSPS) is 11.3. The molecule has 0 aliphatic rings. The number of hydrogen-bond acceptors (Lipinski definition) is 4. The second-order valence-electron chi connectivity index (χ2n) is 3.60. The van der Waals surface area contributed by atoms with Crippen LogP contribution >= 0.6 is 0 Å². The Bertz CT molecular complexity index is 349. The van der Waals surface area contributed by atoms with E-state index >= 15 is 0 Å². The highest BCUT2D eigenvalue weighted by molar-refractivity contribution is 5.50. The Morgan fingerprint density at radius 2 is 1.89 bits per heavy atom. The molecule has 0 spiro atoms. The van der Waals surface area contributed by atoms with Gasteiger partial charge in [0.1, 0.15) is 19.3 Å². The highest BCUT2D eigenvalue weighted by Gasteiger charge is 2.12. The predicted molar refractivity (Wildman–Crippen MR) is 63.8 cm³/mol. The van der Waals surface area contributed by atoms with E-state index in [0.29, 0.717) is 23.8 Å². The maximum Gasteiger partial charge on any atom is 0.203 e. The summed E-state index contributed by atoms with van der Waals surface area (Å²) in [6.45, 7) is 0.833. The number of likely N-dealkylation sites (N-methyl/N-ethyl adjacent to an activating group) is 1. The molecule has 0 saturated carbocycles. The summed E-state index contributed by atoms with van der Waals surface area (Å²) in [7, 11) is 5.03. The Morgan fingerprint density at radius 3 is 2.44 bits per heavy atom. The third-order valence-corrected chi connectivity index (χ3v) is 2.31. The van der Waals surface area contributed by atoms with Crippen LogP contribution in [-0.2, 0) is 0 Å². The Hall–Kier alpha value is -1.17. The molecule has 0 heterocycles. The van der Waals surface area contributed by atoms with E-state index in [4.69, 9.17) is 14.2 Å². The maximum absolute atomic E-state index is 9.57. The van der Waals surface area contributed by atoms with Crippen molar-refractivity contribution in [1.29, 1.82) is 0 Å². The highest BCUT2D eigenvalue weighted by atomic mass is 35.5. The van der Waals surface area contributed by atoms with Gasteiger partial charge in [-0.05, 0) is 12.1 Å². The predicted octanol–water partition coefficient (Wildman–Crippen LogP) is -3.36. The number of rotatable bonds is 7. The van der Waals surface area contributed by atoms with Gasteiger partial charge >= 0.3 is 0 Å². The van der Waals surface area contributed by atoms with Gasteiger partial charge in [0.25, 0.3) is 0 Å². The number of benzene rings is 1. The standard InChI is InChI=1S/C12H19NO4.ClH/c1-13-7-9(14)8-17-11-6-4-5-10(15-2)12(11)16-3;/h4-6,9,13-14H,7-8H2,1-3H3;1H. The molecule has 0 aliphatic heterocycles. The number of hydrogen-bond donors (Lipinski definition) is 2. The summed E-state index contributed by atoms with van der Waals surface area (Å²) < 4.78 is 15.9. The second-order valence-corrected chi connectivity index (χ2v) is 3.60. The first-order chi connectivity index (χ1) is 8.22. The maximum atomic E-state index is 9.57. The Labute approximate surface area is 113 Å². The molecular formula is C12H20ClNO4. The summed E-state index contributed by atoms with van der Waals surface area (Å²) in [4.78, 5) is 0. The minimum Gasteiger partial charge on any atom is -1.00 e. The van der Waals surface area contributed by atoms with Gasteiger partial charge < -0.3 is 37.0 Å². The summed E-state index contributed by atoms with van der Waals surface area (Å²) in [5.74, 6) is 1.73. The molecule has 0 fully saturated rings. The van der Waals surface area contributed by atoms with Crippen molar-refractivity contribution in [3.63, 3.8) is 0 Å². The van der Waals surface area contributed by atoms with Gasteiger partial charge in [0.2, 0.25) is 5.75 Å². The van der Waals surface area contributed by atoms with E-state index < -0.39 is 6.10 Å². The molecule has 0 aliphatic carbocycles. The van der Waals surface area contributed by atoms with Crippen molar-refractivity contribution < 1.29 is 37.0 Å². The molecule has 18 heavy (non-hydrogen) atoms. The van der Waals surface area contributed by atoms with Crippen molar-refractivity contribution >= 4 is 0 Å². The SMILES string of the molecule is C[NH2+]CC(O)COc1cccc(OC)c1OC.[Cl-]. The molecule has 5 nitrogen and oxygen atoms in total. The molecule has 104 valence electrons. The van der Waals surface area contributed by atoms with Crippen molar-refractivity contribution in [2.75, 3.05) is 34.4 Å². The highest BCUT2D eigenvalue weighted by Crippen LogP contribution is 2.36. The zero-order chi connectivity index (χ0) is 12.7. The van der Waals surface area contributed by atoms with Gasteiger partial charge in [-0.25, -0.2) is 0 Å². The Morgan fingerprint density at radius 1 is 1.22 bits per heavy atom. The molecule has 0 saturated heterocycles. The lowest BCUT2D eigenvalue weighted by molar-refractivity contribution is -0.633. The first kappa shape index (κ1) is 16.8. The minimum absolute atomic E-state index is 0. The number of methoxy groups -OCH3 is 2. The molecule has 3 N–H and O–H groups in total. The number of aliphatic hydroxyl groups excluding tert-OH is 1. The molecule has 1 rings (SSSR count). The van der Waals surface area contributed by atoms with Gasteiger partial charge in [-0.3, -0.25) is 0 Å². The molecule has 6 heteroatoms. The summed E-state index contributed by atoms with van der Waals surface area (Å²) in [5.41, 5.74) is 0. The molecule has 1 aromatic carbocycles. The fourth-order valence-electron chi connectivity index (χ4n) is 1.50. The number of aliphatic hydroxyl groups is 1. The lowest BCUT2D eigenvalue weighted by atomic mass is 10.3. The van der Waals surface area contributed by atoms with Crippen molar-refractivity contribution in [1.82, 2.24) is 0 Å². The first-order valence-electron chi connectivity index (χ1n) is 5.52. The molecule has 0 aromatic heterocycles. The molecule has 1 aromatic rings. The zero-order valence-corrected chi connectivity index (χ0v) is 11.6. The zero-order valence-electron chi connectivity index (χ0n) is 10.9. The van der Waals surface area contributed by atoms with Crippen LogP contribution in [0.4, 0.5) is 0 Å². The third-order valence-electron chi connectivity index (χ3n) is 2.31. The third kappa shape index (κ3) is 4.60. The summed E-state index contributed by atoms with van der Waals surface area (Å²) in [6, 6.07) is 5.39. The van der Waals surface area contributed by atoms with Crippen LogP contribution in [0, 0.1) is 0 Å². The molecule has 1 unspecified atom stereocenters. The van der Waals surface area contributed by atoms with Crippen LogP contribution < -0.4 is 31.9 Å². The fourth-order valence-corrected chi connectivity index (χ4v) is 1.50. The lowest BCUT2D eigenvalue weighted by Gasteiger charge is -2.15. The van der Waals surface area contributed by atoms with E-state index in [0.717, 1.165) is 0 Å². The average molecular weight is 278 g/mol.